The van der Waals surface area contributed by atoms with E-state index >= 15 is 0 Å². The van der Waals surface area contributed by atoms with E-state index in [2.05, 4.69) is 55.0 Å². The zero-order chi connectivity index (χ0) is 27.5. The molecule has 0 saturated heterocycles. The van der Waals surface area contributed by atoms with Gasteiger partial charge in [-0.2, -0.15) is 0 Å². The van der Waals surface area contributed by atoms with E-state index in [0.29, 0.717) is 22.5 Å². The highest BCUT2D eigenvalue weighted by atomic mass is 16.1. The van der Waals surface area contributed by atoms with Crippen LogP contribution in [0.25, 0.3) is 16.7 Å². The Morgan fingerprint density at radius 1 is 1.16 bits per heavy atom. The largest absolute Gasteiger partial charge is 0.389 e. The molecule has 0 aliphatic heterocycles. The Kier molecular flexibility index (Phi) is 10.5. The van der Waals surface area contributed by atoms with Crippen molar-refractivity contribution in [3.63, 3.8) is 0 Å². The van der Waals surface area contributed by atoms with Crippen molar-refractivity contribution < 1.29 is 0 Å². The molecule has 6 nitrogen and oxygen atoms in total. The van der Waals surface area contributed by atoms with Crippen LogP contribution in [0.1, 0.15) is 46.2 Å². The zero-order valence-corrected chi connectivity index (χ0v) is 23.4. The molecule has 0 bridgehead atoms. The number of fused-ring (bicyclic) bond motifs is 1. The second kappa shape index (κ2) is 14.0. The van der Waals surface area contributed by atoms with Crippen molar-refractivity contribution in [1.82, 2.24) is 14.9 Å². The fourth-order valence-corrected chi connectivity index (χ4v) is 4.26. The monoisotopic (exact) mass is 511 g/mol. The molecule has 0 aliphatic rings. The van der Waals surface area contributed by atoms with Gasteiger partial charge in [0, 0.05) is 42.8 Å². The van der Waals surface area contributed by atoms with E-state index in [4.69, 9.17) is 4.98 Å². The van der Waals surface area contributed by atoms with Crippen molar-refractivity contribution in [1.29, 1.82) is 0 Å². The predicted molar refractivity (Wildman–Crippen MR) is 163 cm³/mol. The van der Waals surface area contributed by atoms with Gasteiger partial charge < -0.3 is 15.5 Å². The minimum Gasteiger partial charge on any atom is -0.389 e. The molecular weight excluding hydrogens is 470 g/mol. The molecular formula is C32H41N5O. The van der Waals surface area contributed by atoms with Crippen molar-refractivity contribution in [3.8, 4) is 5.69 Å². The van der Waals surface area contributed by atoms with Crippen molar-refractivity contribution in [3.05, 3.63) is 107 Å². The first-order valence-electron chi connectivity index (χ1n) is 13.4. The molecule has 200 valence electrons. The Morgan fingerprint density at radius 2 is 1.92 bits per heavy atom. The number of para-hydroxylation sites is 1. The third-order valence-corrected chi connectivity index (χ3v) is 6.40. The quantitative estimate of drug-likeness (QED) is 0.194. The van der Waals surface area contributed by atoms with Crippen LogP contribution in [-0.4, -0.2) is 29.2 Å². The van der Waals surface area contributed by atoms with E-state index in [1.54, 1.807) is 6.07 Å². The van der Waals surface area contributed by atoms with E-state index in [1.165, 1.54) is 5.70 Å². The fraction of sp³-hybridized carbons (Fsp3) is 0.312. The Balaban J connectivity index is 2.04. The van der Waals surface area contributed by atoms with E-state index in [0.717, 1.165) is 49.5 Å². The summed E-state index contributed by atoms with van der Waals surface area (Å²) in [5, 5.41) is 7.34. The number of allylic oxidation sites excluding steroid dienone is 6. The number of hydrogen-bond donors (Lipinski definition) is 2. The maximum absolute atomic E-state index is 13.4. The van der Waals surface area contributed by atoms with E-state index in [9.17, 15) is 4.79 Å². The van der Waals surface area contributed by atoms with Crippen LogP contribution < -0.4 is 21.0 Å². The molecule has 2 N–H and O–H groups in total. The molecule has 2 aromatic heterocycles. The highest BCUT2D eigenvalue weighted by molar-refractivity contribution is 5.84. The Bertz CT molecular complexity index is 1380. The van der Waals surface area contributed by atoms with Gasteiger partial charge in [-0.25, -0.2) is 4.98 Å². The van der Waals surface area contributed by atoms with Gasteiger partial charge in [-0.3, -0.25) is 9.36 Å². The lowest BCUT2D eigenvalue weighted by molar-refractivity contribution is 0.691. The summed E-state index contributed by atoms with van der Waals surface area (Å²) in [5.74, 6) is 0.625. The van der Waals surface area contributed by atoms with Gasteiger partial charge >= 0.3 is 0 Å². The van der Waals surface area contributed by atoms with E-state index < -0.39 is 0 Å². The number of aromatic nitrogens is 2. The normalized spacial score (nSPS) is 12.0. The van der Waals surface area contributed by atoms with Crippen LogP contribution >= 0.6 is 0 Å². The lowest BCUT2D eigenvalue weighted by Crippen LogP contribution is -2.28. The summed E-state index contributed by atoms with van der Waals surface area (Å²) in [4.78, 5) is 20.7. The standard InChI is InChI=1S/C32H41N5O/c1-7-10-11-13-17-25(5)34-31-23-30(38)28-22-29(36(9-3)21-16-20-33-24(4)8-2)26(6)35-32(28)37(31)27-18-14-12-15-19-27/h8,10-15,17-19,22-23,33-34H,5,7,9,16,20-21H2,1-4,6H3/b11-10-,17-13-,24-8+. The number of nitrogens with zero attached hydrogens (tertiary/aromatic N) is 3. The molecule has 3 aromatic rings. The van der Waals surface area contributed by atoms with E-state index in [1.807, 2.05) is 73.0 Å². The molecule has 0 saturated carbocycles. The lowest BCUT2D eigenvalue weighted by Gasteiger charge is -2.26. The van der Waals surface area contributed by atoms with Gasteiger partial charge in [0.05, 0.1) is 16.8 Å². The molecule has 0 atom stereocenters. The molecule has 1 aromatic carbocycles. The van der Waals surface area contributed by atoms with Crippen LogP contribution in [0.5, 0.6) is 0 Å². The van der Waals surface area contributed by atoms with Crippen LogP contribution in [0, 0.1) is 6.92 Å². The van der Waals surface area contributed by atoms with Crippen molar-refractivity contribution in [2.24, 2.45) is 0 Å². The molecule has 0 fully saturated rings. The van der Waals surface area contributed by atoms with Gasteiger partial charge in [0.15, 0.2) is 5.43 Å². The summed E-state index contributed by atoms with van der Waals surface area (Å²) in [6, 6.07) is 13.6. The minimum absolute atomic E-state index is 0.0764. The molecule has 2 heterocycles. The molecule has 0 spiro atoms. The Hall–Kier alpha value is -4.06. The smallest absolute Gasteiger partial charge is 0.193 e. The number of nitrogens with one attached hydrogen (secondary N) is 2. The number of aryl methyl sites for hydroxylation is 1. The van der Waals surface area contributed by atoms with Gasteiger partial charge in [-0.1, -0.05) is 56.0 Å². The topological polar surface area (TPSA) is 62.2 Å². The predicted octanol–water partition coefficient (Wildman–Crippen LogP) is 6.87. The lowest BCUT2D eigenvalue weighted by atomic mass is 10.1. The Morgan fingerprint density at radius 3 is 2.61 bits per heavy atom. The van der Waals surface area contributed by atoms with Crippen molar-refractivity contribution in [2.45, 2.75) is 47.5 Å². The fourth-order valence-electron chi connectivity index (χ4n) is 4.26. The average molecular weight is 512 g/mol. The van der Waals surface area contributed by atoms with Gasteiger partial charge in [0.25, 0.3) is 0 Å². The zero-order valence-electron chi connectivity index (χ0n) is 23.4. The number of rotatable bonds is 13. The van der Waals surface area contributed by atoms with Crippen LogP contribution in [0.3, 0.4) is 0 Å². The summed E-state index contributed by atoms with van der Waals surface area (Å²) in [5.41, 5.74) is 5.21. The third kappa shape index (κ3) is 7.25. The van der Waals surface area contributed by atoms with Crippen LogP contribution in [0.4, 0.5) is 11.5 Å². The number of benzene rings is 1. The second-order valence-electron chi connectivity index (χ2n) is 9.21. The van der Waals surface area contributed by atoms with Crippen LogP contribution in [-0.2, 0) is 0 Å². The summed E-state index contributed by atoms with van der Waals surface area (Å²) < 4.78 is 1.99. The van der Waals surface area contributed by atoms with Gasteiger partial charge in [0.2, 0.25) is 0 Å². The number of anilines is 2. The van der Waals surface area contributed by atoms with Crippen molar-refractivity contribution >= 4 is 22.5 Å². The molecule has 0 radical (unpaired) electrons. The maximum atomic E-state index is 13.4. The summed E-state index contributed by atoms with van der Waals surface area (Å²) in [6.45, 7) is 17.1. The van der Waals surface area contributed by atoms with Crippen LogP contribution in [0.2, 0.25) is 0 Å². The first-order chi connectivity index (χ1) is 18.4. The average Bonchev–Trinajstić information content (AvgIpc) is 2.91. The van der Waals surface area contributed by atoms with Gasteiger partial charge in [0.1, 0.15) is 11.5 Å². The first kappa shape index (κ1) is 28.5. The molecule has 0 aliphatic carbocycles. The van der Waals surface area contributed by atoms with Crippen LogP contribution in [0.15, 0.2) is 95.6 Å². The summed E-state index contributed by atoms with van der Waals surface area (Å²) >= 11 is 0. The molecule has 6 heteroatoms. The summed E-state index contributed by atoms with van der Waals surface area (Å²) in [6.07, 6.45) is 11.9. The second-order valence-corrected chi connectivity index (χ2v) is 9.21. The number of pyridine rings is 2. The highest BCUT2D eigenvalue weighted by Crippen LogP contribution is 2.27. The summed E-state index contributed by atoms with van der Waals surface area (Å²) in [7, 11) is 0. The highest BCUT2D eigenvalue weighted by Gasteiger charge is 2.17. The number of hydrogen-bond acceptors (Lipinski definition) is 5. The first-order valence-corrected chi connectivity index (χ1v) is 13.4. The molecule has 3 rings (SSSR count). The van der Waals surface area contributed by atoms with Gasteiger partial charge in [-0.05, 0) is 64.8 Å². The third-order valence-electron chi connectivity index (χ3n) is 6.40. The molecule has 0 unspecified atom stereocenters. The maximum Gasteiger partial charge on any atom is 0.193 e. The molecule has 38 heavy (non-hydrogen) atoms. The minimum atomic E-state index is -0.0764. The van der Waals surface area contributed by atoms with E-state index in [-0.39, 0.29) is 5.43 Å². The Labute approximate surface area is 227 Å². The SMILES string of the molecule is C=C(/C=C\C=C/CC)Nc1cc(=O)c2cc(N(CC)CCCN/C(C)=C/C)c(C)nc2n1-c1ccccc1. The van der Waals surface area contributed by atoms with Gasteiger partial charge in [-0.15, -0.1) is 0 Å². The van der Waals surface area contributed by atoms with Crippen molar-refractivity contribution in [2.75, 3.05) is 29.9 Å². The molecule has 0 amide bonds.